The third-order valence-electron chi connectivity index (χ3n) is 4.82. The molecule has 29 heavy (non-hydrogen) atoms. The summed E-state index contributed by atoms with van der Waals surface area (Å²) >= 11 is 0. The Kier molecular flexibility index (Phi) is 6.64. The van der Waals surface area contributed by atoms with Crippen molar-refractivity contribution in [2.45, 2.75) is 47.5 Å². The van der Waals surface area contributed by atoms with E-state index in [4.69, 9.17) is 14.4 Å². The zero-order valence-electron chi connectivity index (χ0n) is 17.8. The maximum atomic E-state index is 9.04. The third-order valence-corrected chi connectivity index (χ3v) is 4.82. The maximum absolute atomic E-state index is 9.04. The second kappa shape index (κ2) is 9.18. The molecule has 0 amide bonds. The molecule has 0 saturated carbocycles. The Bertz CT molecular complexity index is 979. The zero-order chi connectivity index (χ0) is 21.0. The van der Waals surface area contributed by atoms with Gasteiger partial charge in [0.2, 0.25) is 5.82 Å². The van der Waals surface area contributed by atoms with E-state index in [9.17, 15) is 0 Å². The predicted octanol–water partition coefficient (Wildman–Crippen LogP) is 4.55. The van der Waals surface area contributed by atoms with E-state index in [1.807, 2.05) is 31.3 Å². The summed E-state index contributed by atoms with van der Waals surface area (Å²) in [7, 11) is 0. The number of hydrogen-bond donors (Lipinski definition) is 1. The van der Waals surface area contributed by atoms with Crippen LogP contribution in [0, 0.1) is 19.8 Å². The van der Waals surface area contributed by atoms with E-state index >= 15 is 0 Å². The summed E-state index contributed by atoms with van der Waals surface area (Å²) in [6.45, 7) is 10.8. The minimum Gasteiger partial charge on any atom is -0.491 e. The number of rotatable bonds is 8. The molecule has 0 fully saturated rings. The monoisotopic (exact) mass is 395 g/mol. The van der Waals surface area contributed by atoms with Crippen molar-refractivity contribution < 1.29 is 14.4 Å². The van der Waals surface area contributed by atoms with Gasteiger partial charge in [0, 0.05) is 11.8 Å². The van der Waals surface area contributed by atoms with E-state index in [1.54, 1.807) is 0 Å². The van der Waals surface area contributed by atoms with Crippen LogP contribution in [0.3, 0.4) is 0 Å². The molecule has 0 unspecified atom stereocenters. The number of pyridine rings is 1. The number of aliphatic hydroxyl groups excluding tert-OH is 1. The second-order valence-electron chi connectivity index (χ2n) is 7.72. The lowest BCUT2D eigenvalue weighted by Gasteiger charge is -2.13. The van der Waals surface area contributed by atoms with Gasteiger partial charge in [-0.1, -0.05) is 25.9 Å². The van der Waals surface area contributed by atoms with Gasteiger partial charge in [0.1, 0.15) is 18.1 Å². The van der Waals surface area contributed by atoms with Crippen LogP contribution in [0.4, 0.5) is 0 Å². The van der Waals surface area contributed by atoms with Crippen LogP contribution in [0.5, 0.6) is 5.75 Å². The number of benzene rings is 1. The van der Waals surface area contributed by atoms with Crippen LogP contribution in [0.15, 0.2) is 28.9 Å². The number of aromatic nitrogens is 3. The first kappa shape index (κ1) is 21.0. The molecule has 0 aliphatic rings. The number of ether oxygens (including phenoxy) is 1. The average molecular weight is 396 g/mol. The van der Waals surface area contributed by atoms with Crippen molar-refractivity contribution in [3.05, 3.63) is 46.6 Å². The fourth-order valence-corrected chi connectivity index (χ4v) is 3.39. The highest BCUT2D eigenvalue weighted by atomic mass is 16.5. The Labute approximate surface area is 172 Å². The summed E-state index contributed by atoms with van der Waals surface area (Å²) in [5.41, 5.74) is 6.00. The largest absolute Gasteiger partial charge is 0.491 e. The lowest BCUT2D eigenvalue weighted by atomic mass is 10.0. The van der Waals surface area contributed by atoms with Gasteiger partial charge in [0.15, 0.2) is 0 Å². The maximum Gasteiger partial charge on any atom is 0.276 e. The van der Waals surface area contributed by atoms with Gasteiger partial charge in [-0.2, -0.15) is 4.98 Å². The Morgan fingerprint density at radius 3 is 2.55 bits per heavy atom. The quantitative estimate of drug-likeness (QED) is 0.603. The van der Waals surface area contributed by atoms with E-state index < -0.39 is 0 Å². The number of aliphatic hydroxyl groups is 1. The molecule has 0 saturated heterocycles. The summed E-state index contributed by atoms with van der Waals surface area (Å²) in [5.74, 6) is 2.33. The topological polar surface area (TPSA) is 81.3 Å². The molecule has 0 aliphatic heterocycles. The molecule has 2 heterocycles. The molecular formula is C23H29N3O3. The Balaban J connectivity index is 1.90. The standard InChI is InChI=1S/C23H29N3O3/c1-6-17-12-18(10-16(5)21(17)28-8-7-27)22-25-23(29-26-22)20-11-15(4)19(13-24-20)9-14(2)3/h10-14,27H,6-9H2,1-5H3. The average Bonchev–Trinajstić information content (AvgIpc) is 3.18. The Hall–Kier alpha value is -2.73. The molecule has 0 atom stereocenters. The van der Waals surface area contributed by atoms with Gasteiger partial charge in [0.25, 0.3) is 5.89 Å². The molecule has 3 rings (SSSR count). The molecule has 0 radical (unpaired) electrons. The highest BCUT2D eigenvalue weighted by Crippen LogP contribution is 2.31. The molecular weight excluding hydrogens is 366 g/mol. The number of aryl methyl sites for hydroxylation is 3. The smallest absolute Gasteiger partial charge is 0.276 e. The highest BCUT2D eigenvalue weighted by Gasteiger charge is 2.16. The van der Waals surface area contributed by atoms with Crippen LogP contribution in [-0.2, 0) is 12.8 Å². The summed E-state index contributed by atoms with van der Waals surface area (Å²) in [6.07, 6.45) is 3.71. The minimum absolute atomic E-state index is 0.0130. The second-order valence-corrected chi connectivity index (χ2v) is 7.72. The van der Waals surface area contributed by atoms with Crippen molar-refractivity contribution in [2.75, 3.05) is 13.2 Å². The van der Waals surface area contributed by atoms with Crippen LogP contribution in [-0.4, -0.2) is 33.4 Å². The summed E-state index contributed by atoms with van der Waals surface area (Å²) in [6, 6.07) is 5.99. The van der Waals surface area contributed by atoms with Crippen LogP contribution in [0.1, 0.15) is 43.0 Å². The Morgan fingerprint density at radius 2 is 1.90 bits per heavy atom. The summed E-state index contributed by atoms with van der Waals surface area (Å²) < 4.78 is 11.2. The number of hydrogen-bond acceptors (Lipinski definition) is 6. The lowest BCUT2D eigenvalue weighted by molar-refractivity contribution is 0.199. The first-order valence-corrected chi connectivity index (χ1v) is 10.1. The Morgan fingerprint density at radius 1 is 1.10 bits per heavy atom. The molecule has 6 nitrogen and oxygen atoms in total. The SMILES string of the molecule is CCc1cc(-c2noc(-c3cc(C)c(CC(C)C)cn3)n2)cc(C)c1OCCO. The van der Waals surface area contributed by atoms with Crippen molar-refractivity contribution in [3.8, 4) is 28.7 Å². The molecule has 6 heteroatoms. The molecule has 3 aromatic rings. The summed E-state index contributed by atoms with van der Waals surface area (Å²) in [4.78, 5) is 9.10. The van der Waals surface area contributed by atoms with E-state index in [1.165, 1.54) is 11.1 Å². The van der Waals surface area contributed by atoms with E-state index in [-0.39, 0.29) is 13.2 Å². The van der Waals surface area contributed by atoms with Crippen molar-refractivity contribution >= 4 is 0 Å². The van der Waals surface area contributed by atoms with Gasteiger partial charge in [-0.25, -0.2) is 0 Å². The van der Waals surface area contributed by atoms with E-state index in [0.717, 1.165) is 35.3 Å². The normalized spacial score (nSPS) is 11.3. The summed E-state index contributed by atoms with van der Waals surface area (Å²) in [5, 5.41) is 13.2. The molecule has 0 spiro atoms. The zero-order valence-corrected chi connectivity index (χ0v) is 17.8. The van der Waals surface area contributed by atoms with Gasteiger partial charge < -0.3 is 14.4 Å². The van der Waals surface area contributed by atoms with Crippen LogP contribution in [0.2, 0.25) is 0 Å². The third kappa shape index (κ3) is 4.82. The van der Waals surface area contributed by atoms with Crippen LogP contribution >= 0.6 is 0 Å². The highest BCUT2D eigenvalue weighted by molar-refractivity contribution is 5.63. The fraction of sp³-hybridized carbons (Fsp3) is 0.435. The van der Waals surface area contributed by atoms with Gasteiger partial charge in [-0.15, -0.1) is 0 Å². The van der Waals surface area contributed by atoms with Crippen LogP contribution < -0.4 is 4.74 Å². The van der Waals surface area contributed by atoms with Gasteiger partial charge in [-0.3, -0.25) is 4.98 Å². The van der Waals surface area contributed by atoms with Crippen molar-refractivity contribution in [1.82, 2.24) is 15.1 Å². The van der Waals surface area contributed by atoms with Gasteiger partial charge in [0.05, 0.1) is 6.61 Å². The fourth-order valence-electron chi connectivity index (χ4n) is 3.39. The lowest BCUT2D eigenvalue weighted by Crippen LogP contribution is -2.05. The van der Waals surface area contributed by atoms with Crippen molar-refractivity contribution in [3.63, 3.8) is 0 Å². The van der Waals surface area contributed by atoms with Gasteiger partial charge in [-0.05, 0) is 73.1 Å². The molecule has 0 bridgehead atoms. The molecule has 1 aromatic carbocycles. The molecule has 154 valence electrons. The van der Waals surface area contributed by atoms with E-state index in [2.05, 4.69) is 42.8 Å². The molecule has 0 aliphatic carbocycles. The predicted molar refractivity (Wildman–Crippen MR) is 113 cm³/mol. The first-order chi connectivity index (χ1) is 13.9. The first-order valence-electron chi connectivity index (χ1n) is 10.1. The number of nitrogens with zero attached hydrogens (tertiary/aromatic N) is 3. The van der Waals surface area contributed by atoms with Gasteiger partial charge >= 0.3 is 0 Å². The van der Waals surface area contributed by atoms with E-state index in [0.29, 0.717) is 23.3 Å². The molecule has 2 aromatic heterocycles. The van der Waals surface area contributed by atoms with Crippen molar-refractivity contribution in [2.24, 2.45) is 5.92 Å². The van der Waals surface area contributed by atoms with Crippen LogP contribution in [0.25, 0.3) is 23.0 Å². The minimum atomic E-state index is -0.0130. The molecule has 1 N–H and O–H groups in total. The van der Waals surface area contributed by atoms with Crippen molar-refractivity contribution in [1.29, 1.82) is 0 Å².